The average molecular weight is 536 g/mol. The van der Waals surface area contributed by atoms with Crippen LogP contribution in [0.2, 0.25) is 0 Å². The summed E-state index contributed by atoms with van der Waals surface area (Å²) in [5.74, 6) is -3.92. The lowest BCUT2D eigenvalue weighted by Crippen LogP contribution is -2.32. The molecule has 4 heterocycles. The van der Waals surface area contributed by atoms with E-state index in [-0.39, 0.29) is 31.0 Å². The van der Waals surface area contributed by atoms with E-state index in [1.165, 1.54) is 25.3 Å². The van der Waals surface area contributed by atoms with Gasteiger partial charge in [-0.15, -0.1) is 0 Å². The number of halogens is 5. The maximum absolute atomic E-state index is 15.3. The second-order valence-corrected chi connectivity index (χ2v) is 9.64. The Morgan fingerprint density at radius 3 is 2.50 bits per heavy atom. The molecule has 3 N–H and O–H groups in total. The molecule has 0 bridgehead atoms. The molecule has 5 rings (SSSR count). The Hall–Kier alpha value is -3.38. The van der Waals surface area contributed by atoms with Gasteiger partial charge in [0.05, 0.1) is 19.3 Å². The number of hydrogen-bond donors (Lipinski definition) is 2. The predicted octanol–water partition coefficient (Wildman–Crippen LogP) is 4.90. The number of ether oxygens (including phenoxy) is 1. The number of dihydropyridines is 1. The van der Waals surface area contributed by atoms with E-state index in [2.05, 4.69) is 9.98 Å². The fourth-order valence-electron chi connectivity index (χ4n) is 4.94. The van der Waals surface area contributed by atoms with Crippen molar-refractivity contribution in [1.82, 2.24) is 14.4 Å². The first kappa shape index (κ1) is 26.2. The molecule has 3 unspecified atom stereocenters. The Morgan fingerprint density at radius 2 is 1.87 bits per heavy atom. The van der Waals surface area contributed by atoms with Gasteiger partial charge in [-0.3, -0.25) is 9.39 Å². The SMILES string of the molecule is CC1CN=C(C(F)(F)c2ccc(-c3nc(C4CCC(CO)OC4)n4ccnc(N)c34)cc2)C=C1C(F)(F)F. The minimum absolute atomic E-state index is 0.0626. The van der Waals surface area contributed by atoms with Crippen LogP contribution in [0.3, 0.4) is 0 Å². The van der Waals surface area contributed by atoms with Crippen LogP contribution in [0.1, 0.15) is 37.1 Å². The molecule has 0 saturated carbocycles. The molecule has 1 saturated heterocycles. The minimum atomic E-state index is -4.71. The zero-order valence-electron chi connectivity index (χ0n) is 20.4. The Morgan fingerprint density at radius 1 is 1.13 bits per heavy atom. The van der Waals surface area contributed by atoms with Crippen LogP contribution in [-0.2, 0) is 10.7 Å². The molecule has 0 spiro atoms. The maximum Gasteiger partial charge on any atom is 0.413 e. The van der Waals surface area contributed by atoms with Crippen LogP contribution < -0.4 is 5.73 Å². The van der Waals surface area contributed by atoms with Crippen molar-refractivity contribution < 1.29 is 31.8 Å². The van der Waals surface area contributed by atoms with E-state index in [1.54, 1.807) is 10.6 Å². The number of allylic oxidation sites excluding steroid dienone is 1. The number of hydrogen-bond acceptors (Lipinski definition) is 6. The molecular formula is C26H26F5N5O2. The molecular weight excluding hydrogens is 509 g/mol. The zero-order chi connectivity index (χ0) is 27.2. The fourth-order valence-corrected chi connectivity index (χ4v) is 4.94. The van der Waals surface area contributed by atoms with Crippen molar-refractivity contribution in [3.63, 3.8) is 0 Å². The molecule has 0 aliphatic carbocycles. The van der Waals surface area contributed by atoms with E-state index >= 15 is 8.78 Å². The van der Waals surface area contributed by atoms with E-state index in [0.29, 0.717) is 41.7 Å². The highest BCUT2D eigenvalue weighted by molar-refractivity contribution is 6.02. The minimum Gasteiger partial charge on any atom is -0.394 e. The third-order valence-corrected chi connectivity index (χ3v) is 7.08. The van der Waals surface area contributed by atoms with E-state index in [9.17, 15) is 18.3 Å². The first-order valence-corrected chi connectivity index (χ1v) is 12.2. The van der Waals surface area contributed by atoms with Crippen molar-refractivity contribution in [3.05, 3.63) is 59.7 Å². The lowest BCUT2D eigenvalue weighted by Gasteiger charge is -2.27. The smallest absolute Gasteiger partial charge is 0.394 e. The number of alkyl halides is 5. The highest BCUT2D eigenvalue weighted by Gasteiger charge is 2.44. The summed E-state index contributed by atoms with van der Waals surface area (Å²) in [5.41, 5.74) is 5.18. The summed E-state index contributed by atoms with van der Waals surface area (Å²) in [5, 5.41) is 9.35. The fraction of sp³-hybridized carbons (Fsp3) is 0.423. The van der Waals surface area contributed by atoms with Crippen LogP contribution in [0.5, 0.6) is 0 Å². The van der Waals surface area contributed by atoms with Crippen molar-refractivity contribution in [2.24, 2.45) is 10.9 Å². The predicted molar refractivity (Wildman–Crippen MR) is 131 cm³/mol. The standard InChI is InChI=1S/C26H26F5N5O2/c1-14-11-34-20(10-19(14)26(29,30)31)25(27,28)17-5-2-15(3-6-17)21-22-23(32)33-8-9-36(22)24(35-21)16-4-7-18(12-37)38-13-16/h2-3,5-6,8-10,14,16,18,37H,4,7,11-13H2,1H3,(H2,32,33). The molecule has 3 atom stereocenters. The van der Waals surface area contributed by atoms with Crippen LogP contribution in [0.15, 0.2) is 53.3 Å². The zero-order valence-corrected chi connectivity index (χ0v) is 20.4. The molecule has 2 aliphatic rings. The molecule has 1 aromatic carbocycles. The summed E-state index contributed by atoms with van der Waals surface area (Å²) in [6.07, 6.45) is 0.153. The van der Waals surface area contributed by atoms with Gasteiger partial charge in [-0.2, -0.15) is 22.0 Å². The van der Waals surface area contributed by atoms with Gasteiger partial charge in [-0.05, 0) is 18.9 Å². The number of nitrogen functional groups attached to an aromatic ring is 1. The van der Waals surface area contributed by atoms with Gasteiger partial charge in [0, 0.05) is 47.5 Å². The number of aliphatic imine (C=N–C) groups is 1. The van der Waals surface area contributed by atoms with Crippen LogP contribution in [-0.4, -0.2) is 57.2 Å². The highest BCUT2D eigenvalue weighted by atomic mass is 19.4. The summed E-state index contributed by atoms with van der Waals surface area (Å²) >= 11 is 0. The number of fused-ring (bicyclic) bond motifs is 1. The van der Waals surface area contributed by atoms with Gasteiger partial charge in [-0.25, -0.2) is 9.97 Å². The third kappa shape index (κ3) is 4.66. The van der Waals surface area contributed by atoms with Crippen LogP contribution in [0, 0.1) is 5.92 Å². The van der Waals surface area contributed by atoms with Crippen molar-refractivity contribution in [3.8, 4) is 11.3 Å². The first-order chi connectivity index (χ1) is 18.0. The van der Waals surface area contributed by atoms with Crippen LogP contribution >= 0.6 is 0 Å². The van der Waals surface area contributed by atoms with Crippen LogP contribution in [0.25, 0.3) is 16.8 Å². The Labute approximate surface area is 214 Å². The number of nitrogens with two attached hydrogens (primary N) is 1. The van der Waals surface area contributed by atoms with Crippen molar-refractivity contribution >= 4 is 17.0 Å². The molecule has 3 aromatic rings. The molecule has 0 radical (unpaired) electrons. The van der Waals surface area contributed by atoms with Gasteiger partial charge < -0.3 is 15.6 Å². The summed E-state index contributed by atoms with van der Waals surface area (Å²) in [7, 11) is 0. The Balaban J connectivity index is 1.49. The Bertz CT molecular complexity index is 1390. The highest BCUT2D eigenvalue weighted by Crippen LogP contribution is 2.40. The summed E-state index contributed by atoms with van der Waals surface area (Å²) in [6.45, 7) is 1.23. The second-order valence-electron chi connectivity index (χ2n) is 9.64. The van der Waals surface area contributed by atoms with E-state index in [1.807, 2.05) is 0 Å². The van der Waals surface area contributed by atoms with Gasteiger partial charge in [-0.1, -0.05) is 31.2 Å². The van der Waals surface area contributed by atoms with Crippen molar-refractivity contribution in [2.45, 2.75) is 43.9 Å². The summed E-state index contributed by atoms with van der Waals surface area (Å²) in [4.78, 5) is 12.7. The largest absolute Gasteiger partial charge is 0.413 e. The molecule has 0 amide bonds. The van der Waals surface area contributed by atoms with Gasteiger partial charge >= 0.3 is 12.1 Å². The molecule has 2 aromatic heterocycles. The lowest BCUT2D eigenvalue weighted by atomic mass is 9.92. The second kappa shape index (κ2) is 9.73. The normalized spacial score (nSPS) is 22.9. The molecule has 7 nitrogen and oxygen atoms in total. The average Bonchev–Trinajstić information content (AvgIpc) is 3.29. The van der Waals surface area contributed by atoms with E-state index in [4.69, 9.17) is 15.5 Å². The number of aliphatic hydroxyl groups excluding tert-OH is 1. The number of imidazole rings is 1. The van der Waals surface area contributed by atoms with Gasteiger partial charge in [0.1, 0.15) is 28.6 Å². The number of aromatic nitrogens is 3. The lowest BCUT2D eigenvalue weighted by molar-refractivity contribution is -0.0982. The third-order valence-electron chi connectivity index (χ3n) is 7.08. The summed E-state index contributed by atoms with van der Waals surface area (Å²) in [6, 6.07) is 5.18. The summed E-state index contributed by atoms with van der Waals surface area (Å²) < 4.78 is 78.0. The molecule has 12 heteroatoms. The Kier molecular flexibility index (Phi) is 6.72. The number of nitrogens with zero attached hydrogens (tertiary/aromatic N) is 4. The molecule has 38 heavy (non-hydrogen) atoms. The van der Waals surface area contributed by atoms with Crippen LogP contribution in [0.4, 0.5) is 27.8 Å². The van der Waals surface area contributed by atoms with E-state index in [0.717, 1.165) is 18.6 Å². The quantitative estimate of drug-likeness (QED) is 0.453. The van der Waals surface area contributed by atoms with Crippen molar-refractivity contribution in [1.29, 1.82) is 0 Å². The number of benzene rings is 1. The molecule has 1 fully saturated rings. The molecule has 2 aliphatic heterocycles. The number of aliphatic hydroxyl groups is 1. The monoisotopic (exact) mass is 535 g/mol. The van der Waals surface area contributed by atoms with Gasteiger partial charge in [0.15, 0.2) is 0 Å². The van der Waals surface area contributed by atoms with Gasteiger partial charge in [0.25, 0.3) is 0 Å². The topological polar surface area (TPSA) is 98.0 Å². The number of anilines is 1. The first-order valence-electron chi connectivity index (χ1n) is 12.2. The van der Waals surface area contributed by atoms with Gasteiger partial charge in [0.2, 0.25) is 0 Å². The number of rotatable bonds is 5. The van der Waals surface area contributed by atoms with Crippen molar-refractivity contribution in [2.75, 3.05) is 25.5 Å². The van der Waals surface area contributed by atoms with E-state index < -0.39 is 34.9 Å². The maximum atomic E-state index is 15.3. The molecule has 202 valence electrons.